The molecule has 3 rings (SSSR count). The molecule has 31 heavy (non-hydrogen) atoms. The van der Waals surface area contributed by atoms with Crippen LogP contribution in [0.4, 0.5) is 0 Å². The van der Waals surface area contributed by atoms with Crippen molar-refractivity contribution < 1.29 is 9.53 Å². The molecule has 0 radical (unpaired) electrons. The predicted molar refractivity (Wildman–Crippen MR) is 127 cm³/mol. The zero-order valence-corrected chi connectivity index (χ0v) is 19.5. The first-order valence-electron chi connectivity index (χ1n) is 10.6. The van der Waals surface area contributed by atoms with Crippen LogP contribution >= 0.6 is 23.2 Å². The smallest absolute Gasteiger partial charge is 0.251 e. The van der Waals surface area contributed by atoms with Gasteiger partial charge < -0.3 is 15.0 Å². The van der Waals surface area contributed by atoms with Crippen LogP contribution in [0.1, 0.15) is 41.3 Å². The second-order valence-corrected chi connectivity index (χ2v) is 8.88. The van der Waals surface area contributed by atoms with Crippen LogP contribution in [0.3, 0.4) is 0 Å². The largest absolute Gasteiger partial charge is 0.493 e. The van der Waals surface area contributed by atoms with E-state index < -0.39 is 0 Å². The van der Waals surface area contributed by atoms with E-state index >= 15 is 0 Å². The lowest BCUT2D eigenvalue weighted by Crippen LogP contribution is -2.40. The summed E-state index contributed by atoms with van der Waals surface area (Å²) in [4.78, 5) is 14.7. The van der Waals surface area contributed by atoms with E-state index in [1.807, 2.05) is 38.1 Å². The Labute approximate surface area is 194 Å². The van der Waals surface area contributed by atoms with Crippen molar-refractivity contribution in [3.63, 3.8) is 0 Å². The second-order valence-electron chi connectivity index (χ2n) is 8.04. The van der Waals surface area contributed by atoms with Crippen molar-refractivity contribution in [3.05, 3.63) is 63.1 Å². The summed E-state index contributed by atoms with van der Waals surface area (Å²) in [6.45, 7) is 6.67. The maximum Gasteiger partial charge on any atom is 0.251 e. The van der Waals surface area contributed by atoms with E-state index in [2.05, 4.69) is 10.2 Å². The van der Waals surface area contributed by atoms with Gasteiger partial charge >= 0.3 is 0 Å². The van der Waals surface area contributed by atoms with Crippen LogP contribution < -0.4 is 10.1 Å². The number of hydrogen-bond acceptors (Lipinski definition) is 3. The van der Waals surface area contributed by atoms with Crippen LogP contribution in [0.25, 0.3) is 0 Å². The SMILES string of the molecule is CC(=N)N1CCC(CNC(=O)c2ccc(C)c(OCCc3ccc(Cl)cc3Cl)c2)CC1. The Kier molecular flexibility index (Phi) is 8.22. The third kappa shape index (κ3) is 6.62. The van der Waals surface area contributed by atoms with Crippen LogP contribution in [-0.4, -0.2) is 42.9 Å². The Morgan fingerprint density at radius 2 is 1.94 bits per heavy atom. The van der Waals surface area contributed by atoms with Crippen LogP contribution in [0.5, 0.6) is 5.75 Å². The maximum absolute atomic E-state index is 12.7. The van der Waals surface area contributed by atoms with Gasteiger partial charge in [-0.15, -0.1) is 0 Å². The maximum atomic E-state index is 12.7. The van der Waals surface area contributed by atoms with Crippen LogP contribution in [0.15, 0.2) is 36.4 Å². The van der Waals surface area contributed by atoms with Gasteiger partial charge in [-0.3, -0.25) is 10.2 Å². The van der Waals surface area contributed by atoms with Gasteiger partial charge in [-0.2, -0.15) is 0 Å². The molecule has 0 atom stereocenters. The first kappa shape index (κ1) is 23.4. The van der Waals surface area contributed by atoms with Gasteiger partial charge in [0.05, 0.1) is 12.4 Å². The highest BCUT2D eigenvalue weighted by atomic mass is 35.5. The molecule has 2 aromatic carbocycles. The highest BCUT2D eigenvalue weighted by Crippen LogP contribution is 2.23. The van der Waals surface area contributed by atoms with Gasteiger partial charge in [-0.1, -0.05) is 35.3 Å². The van der Waals surface area contributed by atoms with E-state index in [9.17, 15) is 4.79 Å². The Bertz CT molecular complexity index is 940. The number of nitrogens with one attached hydrogen (secondary N) is 2. The topological polar surface area (TPSA) is 65.4 Å². The normalized spacial score (nSPS) is 14.4. The van der Waals surface area contributed by atoms with Gasteiger partial charge in [-0.25, -0.2) is 0 Å². The molecule has 0 saturated carbocycles. The number of likely N-dealkylation sites (tertiary alicyclic amines) is 1. The molecule has 1 amide bonds. The number of carbonyl (C=O) groups excluding carboxylic acids is 1. The lowest BCUT2D eigenvalue weighted by atomic mass is 9.96. The second kappa shape index (κ2) is 10.9. The average molecular weight is 462 g/mol. The summed E-state index contributed by atoms with van der Waals surface area (Å²) < 4.78 is 5.95. The Balaban J connectivity index is 1.51. The predicted octanol–water partition coefficient (Wildman–Crippen LogP) is 5.36. The number of carbonyl (C=O) groups is 1. The molecule has 1 saturated heterocycles. The molecular weight excluding hydrogens is 433 g/mol. The molecule has 1 aliphatic heterocycles. The van der Waals surface area contributed by atoms with E-state index in [-0.39, 0.29) is 5.91 Å². The number of aryl methyl sites for hydroxylation is 1. The molecule has 7 heteroatoms. The number of amides is 1. The fourth-order valence-corrected chi connectivity index (χ4v) is 4.21. The quantitative estimate of drug-likeness (QED) is 0.430. The molecule has 166 valence electrons. The van der Waals surface area contributed by atoms with Crippen molar-refractivity contribution in [2.24, 2.45) is 5.92 Å². The molecule has 0 aliphatic carbocycles. The number of piperidine rings is 1. The van der Waals surface area contributed by atoms with Crippen LogP contribution in [-0.2, 0) is 6.42 Å². The molecule has 2 aromatic rings. The average Bonchev–Trinajstić information content (AvgIpc) is 2.75. The van der Waals surface area contributed by atoms with Gasteiger partial charge in [0.15, 0.2) is 0 Å². The minimum Gasteiger partial charge on any atom is -0.493 e. The van der Waals surface area contributed by atoms with Crippen molar-refractivity contribution >= 4 is 34.9 Å². The van der Waals surface area contributed by atoms with Crippen molar-refractivity contribution in [2.45, 2.75) is 33.1 Å². The molecule has 0 spiro atoms. The zero-order valence-electron chi connectivity index (χ0n) is 18.0. The van der Waals surface area contributed by atoms with Gasteiger partial charge in [0, 0.05) is 41.7 Å². The first-order chi connectivity index (χ1) is 14.8. The zero-order chi connectivity index (χ0) is 22.4. The fourth-order valence-electron chi connectivity index (χ4n) is 3.70. The molecule has 5 nitrogen and oxygen atoms in total. The van der Waals surface area contributed by atoms with Crippen molar-refractivity contribution in [1.29, 1.82) is 5.41 Å². The third-order valence-corrected chi connectivity index (χ3v) is 6.32. The molecule has 2 N–H and O–H groups in total. The monoisotopic (exact) mass is 461 g/mol. The Morgan fingerprint density at radius 3 is 2.61 bits per heavy atom. The van der Waals surface area contributed by atoms with E-state index in [1.165, 1.54) is 0 Å². The number of hydrogen-bond donors (Lipinski definition) is 2. The molecule has 0 bridgehead atoms. The van der Waals surface area contributed by atoms with Crippen LogP contribution in [0.2, 0.25) is 10.0 Å². The molecule has 1 heterocycles. The molecule has 1 fully saturated rings. The molecular formula is C24H29Cl2N3O2. The summed E-state index contributed by atoms with van der Waals surface area (Å²) in [5.41, 5.74) is 2.55. The third-order valence-electron chi connectivity index (χ3n) is 5.73. The van der Waals surface area contributed by atoms with Gasteiger partial charge in [0.1, 0.15) is 5.75 Å². The Hall–Kier alpha value is -2.24. The summed E-state index contributed by atoms with van der Waals surface area (Å²) in [6, 6.07) is 11.0. The highest BCUT2D eigenvalue weighted by molar-refractivity contribution is 6.35. The number of nitrogens with zero attached hydrogens (tertiary/aromatic N) is 1. The summed E-state index contributed by atoms with van der Waals surface area (Å²) in [5.74, 6) is 1.68. The van der Waals surface area contributed by atoms with E-state index in [0.717, 1.165) is 37.1 Å². The lowest BCUT2D eigenvalue weighted by Gasteiger charge is -2.32. The standard InChI is InChI=1S/C24H29Cl2N3O2/c1-16-3-4-20(24(30)28-15-18-7-10-29(11-8-18)17(2)27)13-23(16)31-12-9-19-5-6-21(25)14-22(19)26/h3-6,13-14,18,27H,7-12,15H2,1-2H3,(H,28,30). The molecule has 0 aromatic heterocycles. The fraction of sp³-hybridized carbons (Fsp3) is 0.417. The number of rotatable bonds is 7. The summed E-state index contributed by atoms with van der Waals surface area (Å²) in [5, 5.41) is 12.0. The summed E-state index contributed by atoms with van der Waals surface area (Å²) in [7, 11) is 0. The van der Waals surface area contributed by atoms with Crippen molar-refractivity contribution in [3.8, 4) is 5.75 Å². The van der Waals surface area contributed by atoms with E-state index in [0.29, 0.717) is 52.7 Å². The molecule has 0 unspecified atom stereocenters. The van der Waals surface area contributed by atoms with Gasteiger partial charge in [0.25, 0.3) is 5.91 Å². The number of amidine groups is 1. The van der Waals surface area contributed by atoms with Gasteiger partial charge in [0.2, 0.25) is 0 Å². The Morgan fingerprint density at radius 1 is 1.19 bits per heavy atom. The number of ether oxygens (including phenoxy) is 1. The lowest BCUT2D eigenvalue weighted by molar-refractivity contribution is 0.0940. The van der Waals surface area contributed by atoms with E-state index in [1.54, 1.807) is 12.1 Å². The minimum atomic E-state index is -0.0868. The molecule has 1 aliphatic rings. The highest BCUT2D eigenvalue weighted by Gasteiger charge is 2.20. The van der Waals surface area contributed by atoms with Crippen LogP contribution in [0, 0.1) is 18.3 Å². The minimum absolute atomic E-state index is 0.0868. The first-order valence-corrected chi connectivity index (χ1v) is 11.3. The van der Waals surface area contributed by atoms with E-state index in [4.69, 9.17) is 33.3 Å². The number of benzene rings is 2. The number of halogens is 2. The van der Waals surface area contributed by atoms with Crippen molar-refractivity contribution in [1.82, 2.24) is 10.2 Å². The summed E-state index contributed by atoms with van der Waals surface area (Å²) >= 11 is 12.2. The van der Waals surface area contributed by atoms with Gasteiger partial charge in [-0.05, 0) is 68.0 Å². The van der Waals surface area contributed by atoms with Crippen molar-refractivity contribution in [2.75, 3.05) is 26.2 Å². The summed E-state index contributed by atoms with van der Waals surface area (Å²) in [6.07, 6.45) is 2.64.